The van der Waals surface area contributed by atoms with Gasteiger partial charge in [0.25, 0.3) is 0 Å². The van der Waals surface area contributed by atoms with Gasteiger partial charge in [0.2, 0.25) is 11.7 Å². The molecule has 2 aromatic heterocycles. The van der Waals surface area contributed by atoms with Gasteiger partial charge >= 0.3 is 5.97 Å². The molecule has 5 rings (SSSR count). The minimum Gasteiger partial charge on any atom is -0.464 e. The third kappa shape index (κ3) is 5.02. The van der Waals surface area contributed by atoms with E-state index in [0.29, 0.717) is 34.9 Å². The van der Waals surface area contributed by atoms with Crippen molar-refractivity contribution in [1.82, 2.24) is 5.43 Å². The van der Waals surface area contributed by atoms with E-state index in [4.69, 9.17) is 36.8 Å². The number of rotatable bonds is 5. The van der Waals surface area contributed by atoms with Crippen LogP contribution in [0.3, 0.4) is 0 Å². The zero-order chi connectivity index (χ0) is 26.3. The number of hydrazone groups is 1. The molecule has 0 atom stereocenters. The second kappa shape index (κ2) is 10.1. The molecule has 2 heterocycles. The predicted octanol–water partition coefficient (Wildman–Crippen LogP) is 6.88. The fourth-order valence-corrected chi connectivity index (χ4v) is 5.23. The van der Waals surface area contributed by atoms with Crippen molar-refractivity contribution in [2.45, 2.75) is 46.5 Å². The average Bonchev–Trinajstić information content (AvgIpc) is 3.40. The van der Waals surface area contributed by atoms with Crippen molar-refractivity contribution in [2.75, 3.05) is 0 Å². The van der Waals surface area contributed by atoms with Crippen molar-refractivity contribution in [1.29, 1.82) is 0 Å². The summed E-state index contributed by atoms with van der Waals surface area (Å²) < 4.78 is 17.0. The number of benzene rings is 2. The minimum atomic E-state index is -0.669. The summed E-state index contributed by atoms with van der Waals surface area (Å²) in [6.07, 6.45) is 3.81. The number of ether oxygens (including phenoxy) is 1. The molecule has 7 nitrogen and oxygen atoms in total. The Morgan fingerprint density at radius 2 is 1.92 bits per heavy atom. The molecular weight excluding hydrogens is 515 g/mol. The first-order chi connectivity index (χ1) is 17.7. The molecule has 0 unspecified atom stereocenters. The van der Waals surface area contributed by atoms with Crippen LogP contribution in [0.15, 0.2) is 50.5 Å². The lowest BCUT2D eigenvalue weighted by atomic mass is 9.93. The molecule has 0 bridgehead atoms. The van der Waals surface area contributed by atoms with Crippen LogP contribution in [0.4, 0.5) is 0 Å². The summed E-state index contributed by atoms with van der Waals surface area (Å²) in [6, 6.07) is 8.62. The second-order valence-corrected chi connectivity index (χ2v) is 10.0. The molecule has 37 heavy (non-hydrogen) atoms. The van der Waals surface area contributed by atoms with E-state index in [1.807, 2.05) is 19.9 Å². The quantitative estimate of drug-likeness (QED) is 0.170. The first kappa shape index (κ1) is 25.1. The number of carbonyl (C=O) groups excluding carboxylic acids is 2. The Bertz CT molecular complexity index is 1580. The van der Waals surface area contributed by atoms with Crippen molar-refractivity contribution in [3.8, 4) is 5.75 Å². The third-order valence-electron chi connectivity index (χ3n) is 6.37. The van der Waals surface area contributed by atoms with Crippen LogP contribution in [0.25, 0.3) is 11.0 Å². The highest BCUT2D eigenvalue weighted by atomic mass is 35.5. The molecule has 1 N–H and O–H groups in total. The van der Waals surface area contributed by atoms with Gasteiger partial charge in [0.15, 0.2) is 0 Å². The Hall–Kier alpha value is -3.55. The average molecular weight is 539 g/mol. The summed E-state index contributed by atoms with van der Waals surface area (Å²) in [5.41, 5.74) is 8.37. The van der Waals surface area contributed by atoms with Crippen molar-refractivity contribution in [3.05, 3.63) is 86.0 Å². The molecule has 1 aliphatic rings. The number of carbonyl (C=O) groups is 2. The number of fused-ring (bicyclic) bond motifs is 2. The normalized spacial score (nSPS) is 14.1. The largest absolute Gasteiger partial charge is 0.464 e. The zero-order valence-electron chi connectivity index (χ0n) is 20.5. The summed E-state index contributed by atoms with van der Waals surface area (Å²) in [4.78, 5) is 25.6. The molecule has 0 fully saturated rings. The number of halogens is 2. The third-order valence-corrected chi connectivity index (χ3v) is 6.90. The Kier molecular flexibility index (Phi) is 6.84. The van der Waals surface area contributed by atoms with Crippen LogP contribution in [0, 0.1) is 20.8 Å². The van der Waals surface area contributed by atoms with E-state index in [1.165, 1.54) is 12.1 Å². The Balaban J connectivity index is 1.34. The van der Waals surface area contributed by atoms with Crippen LogP contribution in [-0.4, -0.2) is 17.6 Å². The lowest BCUT2D eigenvalue weighted by Crippen LogP contribution is -2.23. The highest BCUT2D eigenvalue weighted by Crippen LogP contribution is 2.33. The summed E-state index contributed by atoms with van der Waals surface area (Å²) in [5, 5.41) is 6.00. The van der Waals surface area contributed by atoms with Crippen LogP contribution in [0.1, 0.15) is 57.0 Å². The fourth-order valence-electron chi connectivity index (χ4n) is 4.78. The number of nitrogens with one attached hydrogen (secondary N) is 1. The minimum absolute atomic E-state index is 0.0765. The first-order valence-corrected chi connectivity index (χ1v) is 12.6. The van der Waals surface area contributed by atoms with Crippen LogP contribution >= 0.6 is 23.2 Å². The van der Waals surface area contributed by atoms with Crippen molar-refractivity contribution < 1.29 is 23.2 Å². The van der Waals surface area contributed by atoms with E-state index < -0.39 is 5.97 Å². The van der Waals surface area contributed by atoms with E-state index in [2.05, 4.69) is 16.6 Å². The number of hydrogen-bond acceptors (Lipinski definition) is 6. The van der Waals surface area contributed by atoms with Crippen LogP contribution in [0.5, 0.6) is 5.75 Å². The standard InChI is InChI=1S/C28H24Cl2N2O5/c1-14-9-15(2)25-17(13-35-23(25)10-14)11-24(33)32-31-20-5-4-6-22-26(20)16(3)27(36-22)28(34)37-21-8-7-18(29)12-19(21)30/h7-10,12-13H,4-6,11H2,1-3H3,(H,32,33)/b31-20+. The van der Waals surface area contributed by atoms with Crippen molar-refractivity contribution in [3.63, 3.8) is 0 Å². The van der Waals surface area contributed by atoms with Gasteiger partial charge in [0.1, 0.15) is 17.1 Å². The highest BCUT2D eigenvalue weighted by molar-refractivity contribution is 6.35. The summed E-state index contributed by atoms with van der Waals surface area (Å²) >= 11 is 12.1. The molecule has 0 saturated carbocycles. The zero-order valence-corrected chi connectivity index (χ0v) is 22.0. The lowest BCUT2D eigenvalue weighted by Gasteiger charge is -2.13. The number of esters is 1. The first-order valence-electron chi connectivity index (χ1n) is 11.8. The maximum Gasteiger partial charge on any atom is 0.379 e. The van der Waals surface area contributed by atoms with Crippen LogP contribution < -0.4 is 10.2 Å². The highest BCUT2D eigenvalue weighted by Gasteiger charge is 2.29. The number of amides is 1. The van der Waals surface area contributed by atoms with Crippen molar-refractivity contribution in [2.24, 2.45) is 5.10 Å². The molecule has 2 aromatic carbocycles. The second-order valence-electron chi connectivity index (χ2n) is 9.16. The summed E-state index contributed by atoms with van der Waals surface area (Å²) in [6.45, 7) is 5.78. The molecule has 4 aromatic rings. The van der Waals surface area contributed by atoms with Gasteiger partial charge < -0.3 is 13.6 Å². The maximum atomic E-state index is 12.9. The van der Waals surface area contributed by atoms with Gasteiger partial charge in [-0.2, -0.15) is 5.10 Å². The van der Waals surface area contributed by atoms with E-state index >= 15 is 0 Å². The van der Waals surface area contributed by atoms with E-state index in [1.54, 1.807) is 19.3 Å². The molecular formula is C28H24Cl2N2O5. The van der Waals surface area contributed by atoms with Gasteiger partial charge in [-0.15, -0.1) is 0 Å². The van der Waals surface area contributed by atoms with Crippen LogP contribution in [-0.2, 0) is 17.6 Å². The number of hydrogen-bond donors (Lipinski definition) is 1. The molecule has 0 saturated heterocycles. The Labute approximate surface area is 223 Å². The van der Waals surface area contributed by atoms with E-state index in [0.717, 1.165) is 39.6 Å². The van der Waals surface area contributed by atoms with Gasteiger partial charge in [-0.25, -0.2) is 10.2 Å². The van der Waals surface area contributed by atoms with Gasteiger partial charge in [-0.3, -0.25) is 4.79 Å². The predicted molar refractivity (Wildman–Crippen MR) is 142 cm³/mol. The molecule has 0 spiro atoms. The number of furan rings is 2. The lowest BCUT2D eigenvalue weighted by molar-refractivity contribution is -0.120. The molecule has 1 aliphatic carbocycles. The number of nitrogens with zero attached hydrogens (tertiary/aromatic N) is 1. The van der Waals surface area contributed by atoms with Gasteiger partial charge in [-0.05, 0) is 69.0 Å². The van der Waals surface area contributed by atoms with Gasteiger partial charge in [0, 0.05) is 33.5 Å². The van der Waals surface area contributed by atoms with E-state index in [9.17, 15) is 9.59 Å². The van der Waals surface area contributed by atoms with Gasteiger partial charge in [0.05, 0.1) is 23.4 Å². The molecule has 9 heteroatoms. The summed E-state index contributed by atoms with van der Waals surface area (Å²) in [7, 11) is 0. The van der Waals surface area contributed by atoms with E-state index in [-0.39, 0.29) is 28.9 Å². The smallest absolute Gasteiger partial charge is 0.379 e. The molecule has 1 amide bonds. The SMILES string of the molecule is Cc1cc(C)c2c(CC(=O)N/N=C3\CCCc4oc(C(=O)Oc5ccc(Cl)cc5Cl)c(C)c43)coc2c1. The number of aryl methyl sites for hydroxylation is 3. The Morgan fingerprint density at radius 1 is 1.11 bits per heavy atom. The monoisotopic (exact) mass is 538 g/mol. The van der Waals surface area contributed by atoms with Gasteiger partial charge in [-0.1, -0.05) is 29.3 Å². The maximum absolute atomic E-state index is 12.9. The van der Waals surface area contributed by atoms with Crippen LogP contribution in [0.2, 0.25) is 10.0 Å². The van der Waals surface area contributed by atoms with Crippen molar-refractivity contribution >= 4 is 51.8 Å². The topological polar surface area (TPSA) is 94.0 Å². The fraction of sp³-hybridized carbons (Fsp3) is 0.250. The summed E-state index contributed by atoms with van der Waals surface area (Å²) in [5.74, 6) is -0.0362. The molecule has 190 valence electrons. The molecule has 0 aliphatic heterocycles. The molecule has 0 radical (unpaired) electrons. The Morgan fingerprint density at radius 3 is 2.70 bits per heavy atom.